The Morgan fingerprint density at radius 1 is 1.45 bits per heavy atom. The van der Waals surface area contributed by atoms with Crippen molar-refractivity contribution in [1.82, 2.24) is 10.6 Å². The monoisotopic (exact) mass is 325 g/mol. The van der Waals surface area contributed by atoms with Crippen LogP contribution < -0.4 is 21.1 Å². The van der Waals surface area contributed by atoms with Gasteiger partial charge in [0.25, 0.3) is 5.91 Å². The number of anilines is 1. The molecule has 1 aromatic rings. The first kappa shape index (κ1) is 16.9. The van der Waals surface area contributed by atoms with Gasteiger partial charge in [-0.15, -0.1) is 0 Å². The number of nitrogens with two attached hydrogens (primary N) is 1. The molecule has 0 radical (unpaired) electrons. The SMILES string of the molecule is COc1cc(N)c(Cl)cc1C(=O)NCCC1CCCCCN1. The van der Waals surface area contributed by atoms with Gasteiger partial charge in [0.15, 0.2) is 0 Å². The molecule has 1 amide bonds. The van der Waals surface area contributed by atoms with Crippen LogP contribution >= 0.6 is 11.6 Å². The molecule has 0 saturated carbocycles. The maximum atomic E-state index is 12.3. The standard InChI is InChI=1S/C16H24ClN3O2/c1-22-15-10-14(18)13(17)9-12(15)16(21)20-8-6-11-5-3-2-4-7-19-11/h9-11,19H,2-8,18H2,1H3,(H,20,21). The van der Waals surface area contributed by atoms with E-state index < -0.39 is 0 Å². The van der Waals surface area contributed by atoms with Crippen LogP contribution in [0.5, 0.6) is 5.75 Å². The zero-order valence-electron chi connectivity index (χ0n) is 13.0. The van der Waals surface area contributed by atoms with Gasteiger partial charge >= 0.3 is 0 Å². The topological polar surface area (TPSA) is 76.4 Å². The van der Waals surface area contributed by atoms with E-state index in [0.717, 1.165) is 13.0 Å². The van der Waals surface area contributed by atoms with Gasteiger partial charge in [0, 0.05) is 18.7 Å². The Balaban J connectivity index is 1.90. The van der Waals surface area contributed by atoms with E-state index in [2.05, 4.69) is 10.6 Å². The molecule has 1 aromatic carbocycles. The first-order valence-corrected chi connectivity index (χ1v) is 8.14. The number of hydrogen-bond acceptors (Lipinski definition) is 4. The number of halogens is 1. The maximum Gasteiger partial charge on any atom is 0.255 e. The number of nitrogens with one attached hydrogen (secondary N) is 2. The maximum absolute atomic E-state index is 12.3. The summed E-state index contributed by atoms with van der Waals surface area (Å²) in [6.45, 7) is 1.70. The van der Waals surface area contributed by atoms with Gasteiger partial charge in [-0.3, -0.25) is 4.79 Å². The number of ether oxygens (including phenoxy) is 1. The lowest BCUT2D eigenvalue weighted by molar-refractivity contribution is 0.0949. The summed E-state index contributed by atoms with van der Waals surface area (Å²) in [6, 6.07) is 3.61. The van der Waals surface area contributed by atoms with Crippen LogP contribution in [0.4, 0.5) is 5.69 Å². The van der Waals surface area contributed by atoms with Gasteiger partial charge in [-0.1, -0.05) is 24.4 Å². The van der Waals surface area contributed by atoms with Crippen LogP contribution in [0.2, 0.25) is 5.02 Å². The fraction of sp³-hybridized carbons (Fsp3) is 0.562. The van der Waals surface area contributed by atoms with Crippen LogP contribution in [-0.4, -0.2) is 32.1 Å². The highest BCUT2D eigenvalue weighted by molar-refractivity contribution is 6.33. The lowest BCUT2D eigenvalue weighted by Gasteiger charge is -2.16. The average molecular weight is 326 g/mol. The Morgan fingerprint density at radius 2 is 2.27 bits per heavy atom. The Bertz CT molecular complexity index is 514. The predicted molar refractivity (Wildman–Crippen MR) is 89.6 cm³/mol. The predicted octanol–water partition coefficient (Wildman–Crippen LogP) is 2.58. The first-order valence-electron chi connectivity index (χ1n) is 7.76. The Labute approximate surface area is 136 Å². The van der Waals surface area contributed by atoms with E-state index in [1.807, 2.05) is 0 Å². The highest BCUT2D eigenvalue weighted by atomic mass is 35.5. The third kappa shape index (κ3) is 4.52. The summed E-state index contributed by atoms with van der Waals surface area (Å²) in [5, 5.41) is 6.81. The third-order valence-corrected chi connectivity index (χ3v) is 4.33. The number of nitrogen functional groups attached to an aromatic ring is 1. The van der Waals surface area contributed by atoms with E-state index in [9.17, 15) is 4.79 Å². The fourth-order valence-corrected chi connectivity index (χ4v) is 2.88. The molecule has 1 saturated heterocycles. The summed E-state index contributed by atoms with van der Waals surface area (Å²) < 4.78 is 5.20. The number of hydrogen-bond donors (Lipinski definition) is 3. The molecular weight excluding hydrogens is 302 g/mol. The number of carbonyl (C=O) groups is 1. The number of methoxy groups -OCH3 is 1. The Kier molecular flexibility index (Phi) is 6.34. The van der Waals surface area contributed by atoms with Crippen molar-refractivity contribution in [3.05, 3.63) is 22.7 Å². The van der Waals surface area contributed by atoms with Crippen LogP contribution in [0.1, 0.15) is 42.5 Å². The van der Waals surface area contributed by atoms with Crippen LogP contribution in [0, 0.1) is 0 Å². The summed E-state index contributed by atoms with van der Waals surface area (Å²) in [5.74, 6) is 0.249. The van der Waals surface area contributed by atoms with Crippen molar-refractivity contribution in [2.45, 2.75) is 38.1 Å². The van der Waals surface area contributed by atoms with Crippen molar-refractivity contribution in [1.29, 1.82) is 0 Å². The molecule has 1 aliphatic heterocycles. The second kappa shape index (κ2) is 8.25. The van der Waals surface area contributed by atoms with Gasteiger partial charge in [0.2, 0.25) is 0 Å². The third-order valence-electron chi connectivity index (χ3n) is 4.00. The molecule has 6 heteroatoms. The van der Waals surface area contributed by atoms with Crippen molar-refractivity contribution in [2.75, 3.05) is 25.9 Å². The second-order valence-electron chi connectivity index (χ2n) is 5.62. The minimum absolute atomic E-state index is 0.188. The number of benzene rings is 1. The van der Waals surface area contributed by atoms with E-state index in [4.69, 9.17) is 22.1 Å². The zero-order valence-corrected chi connectivity index (χ0v) is 13.7. The summed E-state index contributed by atoms with van der Waals surface area (Å²) in [6.07, 6.45) is 5.89. The number of carbonyl (C=O) groups excluding carboxylic acids is 1. The molecule has 0 aliphatic carbocycles. The molecule has 22 heavy (non-hydrogen) atoms. The zero-order chi connectivity index (χ0) is 15.9. The van der Waals surface area contributed by atoms with Crippen molar-refractivity contribution >= 4 is 23.2 Å². The van der Waals surface area contributed by atoms with E-state index >= 15 is 0 Å². The molecule has 0 aromatic heterocycles. The first-order chi connectivity index (χ1) is 10.6. The molecular formula is C16H24ClN3O2. The molecule has 1 atom stereocenters. The highest BCUT2D eigenvalue weighted by Crippen LogP contribution is 2.28. The fourth-order valence-electron chi connectivity index (χ4n) is 2.72. The van der Waals surface area contributed by atoms with E-state index in [1.165, 1.54) is 32.8 Å². The quantitative estimate of drug-likeness (QED) is 0.727. The molecule has 0 bridgehead atoms. The molecule has 1 fully saturated rings. The van der Waals surface area contributed by atoms with E-state index in [-0.39, 0.29) is 5.91 Å². The van der Waals surface area contributed by atoms with Gasteiger partial charge in [0.1, 0.15) is 5.75 Å². The normalized spacial score (nSPS) is 18.5. The second-order valence-corrected chi connectivity index (χ2v) is 6.03. The van der Waals surface area contributed by atoms with Gasteiger partial charge < -0.3 is 21.1 Å². The van der Waals surface area contributed by atoms with Crippen LogP contribution in [-0.2, 0) is 0 Å². The highest BCUT2D eigenvalue weighted by Gasteiger charge is 2.16. The van der Waals surface area contributed by atoms with Crippen molar-refractivity contribution in [2.24, 2.45) is 0 Å². The summed E-state index contributed by atoms with van der Waals surface area (Å²) in [4.78, 5) is 12.3. The lowest BCUT2D eigenvalue weighted by Crippen LogP contribution is -2.33. The molecule has 2 rings (SSSR count). The summed E-state index contributed by atoms with van der Waals surface area (Å²) in [5.41, 5.74) is 6.54. The van der Waals surface area contributed by atoms with E-state index in [0.29, 0.717) is 34.6 Å². The largest absolute Gasteiger partial charge is 0.496 e. The Hall–Kier alpha value is -1.46. The molecule has 4 N–H and O–H groups in total. The molecule has 1 aliphatic rings. The molecule has 0 spiro atoms. The molecule has 5 nitrogen and oxygen atoms in total. The Morgan fingerprint density at radius 3 is 3.05 bits per heavy atom. The molecule has 1 unspecified atom stereocenters. The van der Waals surface area contributed by atoms with Gasteiger partial charge in [-0.05, 0) is 31.9 Å². The average Bonchev–Trinajstić information content (AvgIpc) is 2.78. The van der Waals surface area contributed by atoms with Crippen molar-refractivity contribution in [3.63, 3.8) is 0 Å². The van der Waals surface area contributed by atoms with Crippen LogP contribution in [0.15, 0.2) is 12.1 Å². The minimum Gasteiger partial charge on any atom is -0.496 e. The van der Waals surface area contributed by atoms with Crippen molar-refractivity contribution in [3.8, 4) is 5.75 Å². The van der Waals surface area contributed by atoms with Crippen LogP contribution in [0.3, 0.4) is 0 Å². The minimum atomic E-state index is -0.188. The van der Waals surface area contributed by atoms with Gasteiger partial charge in [-0.2, -0.15) is 0 Å². The van der Waals surface area contributed by atoms with Crippen molar-refractivity contribution < 1.29 is 9.53 Å². The molecule has 1 heterocycles. The number of amides is 1. The summed E-state index contributed by atoms with van der Waals surface area (Å²) in [7, 11) is 1.51. The smallest absolute Gasteiger partial charge is 0.255 e. The molecule has 122 valence electrons. The lowest BCUT2D eigenvalue weighted by atomic mass is 10.1. The summed E-state index contributed by atoms with van der Waals surface area (Å²) >= 11 is 5.99. The van der Waals surface area contributed by atoms with Crippen LogP contribution in [0.25, 0.3) is 0 Å². The van der Waals surface area contributed by atoms with E-state index in [1.54, 1.807) is 12.1 Å². The number of rotatable bonds is 5. The van der Waals surface area contributed by atoms with Gasteiger partial charge in [-0.25, -0.2) is 0 Å². The van der Waals surface area contributed by atoms with Gasteiger partial charge in [0.05, 0.1) is 23.4 Å².